The van der Waals surface area contributed by atoms with E-state index in [0.717, 1.165) is 0 Å². The highest BCUT2D eigenvalue weighted by molar-refractivity contribution is 4.89. The van der Waals surface area contributed by atoms with Crippen LogP contribution in [0, 0.1) is 5.92 Å². The van der Waals surface area contributed by atoms with Gasteiger partial charge in [0.1, 0.15) is 0 Å². The smallest absolute Gasteiger partial charge is 0.0241 e. The molecule has 113 valence electrons. The largest absolute Gasteiger partial charge is 0.0654 e. The first-order valence-corrected chi connectivity index (χ1v) is 9.27. The third kappa shape index (κ3) is 10.4. The third-order valence-corrected chi connectivity index (χ3v) is 4.69. The van der Waals surface area contributed by atoms with E-state index in [2.05, 4.69) is 6.92 Å². The minimum Gasteiger partial charge on any atom is -0.0654 e. The standard InChI is InChI=1S/C19H37/c1-2-3-4-5-6-7-10-13-16-19-17-14-11-8-9-12-15-18-19/h2-18H2,1H3. The van der Waals surface area contributed by atoms with Gasteiger partial charge in [-0.25, -0.2) is 0 Å². The van der Waals surface area contributed by atoms with Crippen molar-refractivity contribution in [1.29, 1.82) is 0 Å². The lowest BCUT2D eigenvalue weighted by molar-refractivity contribution is 0.538. The van der Waals surface area contributed by atoms with E-state index in [4.69, 9.17) is 0 Å². The fraction of sp³-hybridized carbons (Fsp3) is 0.947. The minimum atomic E-state index is 1.37. The van der Waals surface area contributed by atoms with Crippen molar-refractivity contribution in [3.05, 3.63) is 5.92 Å². The zero-order valence-corrected chi connectivity index (χ0v) is 13.5. The van der Waals surface area contributed by atoms with Crippen LogP contribution in [0.1, 0.15) is 116 Å². The fourth-order valence-corrected chi connectivity index (χ4v) is 3.34. The molecule has 0 nitrogen and oxygen atoms in total. The quantitative estimate of drug-likeness (QED) is 0.386. The molecule has 0 aromatic heterocycles. The summed E-state index contributed by atoms with van der Waals surface area (Å²) in [7, 11) is 0. The lowest BCUT2D eigenvalue weighted by atomic mass is 9.91. The van der Waals surface area contributed by atoms with Crippen LogP contribution in [0.15, 0.2) is 0 Å². The first-order chi connectivity index (χ1) is 9.43. The molecular formula is C19H37. The van der Waals surface area contributed by atoms with Crippen molar-refractivity contribution >= 4 is 0 Å². The van der Waals surface area contributed by atoms with Crippen LogP contribution in [-0.2, 0) is 0 Å². The Morgan fingerprint density at radius 2 is 1.05 bits per heavy atom. The molecule has 0 saturated heterocycles. The zero-order chi connectivity index (χ0) is 13.6. The summed E-state index contributed by atoms with van der Waals surface area (Å²) in [5.74, 6) is 1.91. The van der Waals surface area contributed by atoms with Crippen molar-refractivity contribution < 1.29 is 0 Å². The summed E-state index contributed by atoms with van der Waals surface area (Å²) in [6, 6.07) is 0. The molecule has 0 unspecified atom stereocenters. The normalized spacial score (nSPS) is 18.8. The highest BCUT2D eigenvalue weighted by atomic mass is 14.2. The summed E-state index contributed by atoms with van der Waals surface area (Å²) >= 11 is 0. The monoisotopic (exact) mass is 265 g/mol. The molecule has 19 heavy (non-hydrogen) atoms. The topological polar surface area (TPSA) is 0 Å². The Labute approximate surface area is 122 Å². The summed E-state index contributed by atoms with van der Waals surface area (Å²) in [6.45, 7) is 2.30. The number of rotatable bonds is 9. The van der Waals surface area contributed by atoms with Gasteiger partial charge in [0.2, 0.25) is 0 Å². The van der Waals surface area contributed by atoms with Crippen LogP contribution in [0.2, 0.25) is 0 Å². The molecule has 1 rings (SSSR count). The van der Waals surface area contributed by atoms with Gasteiger partial charge in [0.25, 0.3) is 0 Å². The van der Waals surface area contributed by atoms with Crippen LogP contribution in [0.5, 0.6) is 0 Å². The maximum atomic E-state index is 2.30. The fourth-order valence-electron chi connectivity index (χ4n) is 3.34. The molecule has 1 aliphatic carbocycles. The van der Waals surface area contributed by atoms with Crippen LogP contribution < -0.4 is 0 Å². The average Bonchev–Trinajstić information content (AvgIpc) is 2.55. The predicted molar refractivity (Wildman–Crippen MR) is 87.4 cm³/mol. The molecule has 0 aromatic carbocycles. The van der Waals surface area contributed by atoms with E-state index >= 15 is 0 Å². The van der Waals surface area contributed by atoms with Gasteiger partial charge in [-0.15, -0.1) is 0 Å². The van der Waals surface area contributed by atoms with E-state index in [-0.39, 0.29) is 0 Å². The first kappa shape index (κ1) is 17.1. The van der Waals surface area contributed by atoms with Crippen molar-refractivity contribution in [2.24, 2.45) is 0 Å². The lowest BCUT2D eigenvalue weighted by Crippen LogP contribution is -1.98. The molecular weight excluding hydrogens is 228 g/mol. The predicted octanol–water partition coefficient (Wildman–Crippen LogP) is 7.23. The highest BCUT2D eigenvalue weighted by Gasteiger charge is 2.10. The van der Waals surface area contributed by atoms with E-state index in [9.17, 15) is 0 Å². The van der Waals surface area contributed by atoms with Crippen molar-refractivity contribution in [3.8, 4) is 0 Å². The molecule has 1 saturated carbocycles. The van der Waals surface area contributed by atoms with Crippen LogP contribution in [0.3, 0.4) is 0 Å². The van der Waals surface area contributed by atoms with Crippen molar-refractivity contribution in [2.75, 3.05) is 0 Å². The summed E-state index contributed by atoms with van der Waals surface area (Å²) in [4.78, 5) is 0. The molecule has 0 amide bonds. The third-order valence-electron chi connectivity index (χ3n) is 4.69. The van der Waals surface area contributed by atoms with Gasteiger partial charge in [-0.1, -0.05) is 96.8 Å². The van der Waals surface area contributed by atoms with Crippen molar-refractivity contribution in [3.63, 3.8) is 0 Å². The van der Waals surface area contributed by atoms with Gasteiger partial charge in [-0.05, 0) is 25.2 Å². The lowest BCUT2D eigenvalue weighted by Gasteiger charge is -2.14. The second-order valence-corrected chi connectivity index (χ2v) is 6.60. The van der Waals surface area contributed by atoms with Crippen LogP contribution in [0.25, 0.3) is 0 Å². The Morgan fingerprint density at radius 1 is 0.579 bits per heavy atom. The van der Waals surface area contributed by atoms with Crippen LogP contribution in [-0.4, -0.2) is 0 Å². The summed E-state index contributed by atoms with van der Waals surface area (Å²) in [6.07, 6.45) is 25.0. The van der Waals surface area contributed by atoms with Gasteiger partial charge in [0.15, 0.2) is 0 Å². The molecule has 0 heteroatoms. The molecule has 0 aromatic rings. The van der Waals surface area contributed by atoms with Gasteiger partial charge in [-0.3, -0.25) is 0 Å². The number of hydrogen-bond acceptors (Lipinski definition) is 0. The van der Waals surface area contributed by atoms with Crippen molar-refractivity contribution in [1.82, 2.24) is 0 Å². The summed E-state index contributed by atoms with van der Waals surface area (Å²) < 4.78 is 0. The molecule has 0 atom stereocenters. The highest BCUT2D eigenvalue weighted by Crippen LogP contribution is 2.27. The summed E-state index contributed by atoms with van der Waals surface area (Å²) in [5, 5.41) is 0. The molecule has 0 spiro atoms. The Morgan fingerprint density at radius 3 is 1.63 bits per heavy atom. The van der Waals surface area contributed by atoms with Gasteiger partial charge < -0.3 is 0 Å². The van der Waals surface area contributed by atoms with Crippen LogP contribution in [0.4, 0.5) is 0 Å². The van der Waals surface area contributed by atoms with Gasteiger partial charge in [0, 0.05) is 0 Å². The maximum absolute atomic E-state index is 2.30. The van der Waals surface area contributed by atoms with Gasteiger partial charge in [0.05, 0.1) is 0 Å². The molecule has 0 heterocycles. The Kier molecular flexibility index (Phi) is 11.7. The second-order valence-electron chi connectivity index (χ2n) is 6.60. The minimum absolute atomic E-state index is 1.37. The van der Waals surface area contributed by atoms with Crippen LogP contribution >= 0.6 is 0 Å². The molecule has 0 bridgehead atoms. The molecule has 0 aliphatic heterocycles. The molecule has 0 N–H and O–H groups in total. The average molecular weight is 266 g/mol. The zero-order valence-electron chi connectivity index (χ0n) is 13.5. The number of unbranched alkanes of at least 4 members (excludes halogenated alkanes) is 7. The van der Waals surface area contributed by atoms with Gasteiger partial charge in [-0.2, -0.15) is 0 Å². The van der Waals surface area contributed by atoms with E-state index in [0.29, 0.717) is 0 Å². The Hall–Kier alpha value is 0. The van der Waals surface area contributed by atoms with E-state index in [1.807, 2.05) is 5.92 Å². The molecule has 1 fully saturated rings. The van der Waals surface area contributed by atoms with Crippen molar-refractivity contribution in [2.45, 2.75) is 116 Å². The summed E-state index contributed by atoms with van der Waals surface area (Å²) in [5.41, 5.74) is 0. The van der Waals surface area contributed by atoms with E-state index in [1.54, 1.807) is 0 Å². The van der Waals surface area contributed by atoms with E-state index in [1.165, 1.54) is 109 Å². The van der Waals surface area contributed by atoms with Gasteiger partial charge >= 0.3 is 0 Å². The molecule has 1 radical (unpaired) electrons. The first-order valence-electron chi connectivity index (χ1n) is 9.27. The Bertz CT molecular complexity index is 163. The maximum Gasteiger partial charge on any atom is -0.0241 e. The SMILES string of the molecule is CCCCCCCCCC[C]1CCCCCCCC1. The number of hydrogen-bond donors (Lipinski definition) is 0. The Balaban J connectivity index is 1.91. The van der Waals surface area contributed by atoms with E-state index < -0.39 is 0 Å². The second kappa shape index (κ2) is 13.0. The molecule has 1 aliphatic rings.